The van der Waals surface area contributed by atoms with Gasteiger partial charge in [-0.2, -0.15) is 0 Å². The van der Waals surface area contributed by atoms with Crippen LogP contribution in [0.15, 0.2) is 82.8 Å². The first-order valence-corrected chi connectivity index (χ1v) is 11.6. The van der Waals surface area contributed by atoms with Crippen molar-refractivity contribution < 1.29 is 10.2 Å². The van der Waals surface area contributed by atoms with Gasteiger partial charge in [-0.1, -0.05) is 60.7 Å². The van der Waals surface area contributed by atoms with Gasteiger partial charge in [0, 0.05) is 23.6 Å². The van der Waals surface area contributed by atoms with Crippen LogP contribution in [-0.2, 0) is 0 Å². The summed E-state index contributed by atoms with van der Waals surface area (Å²) in [5.41, 5.74) is 1.61. The minimum Gasteiger partial charge on any atom is -0.507 e. The average Bonchev–Trinajstić information content (AvgIpc) is 3.43. The van der Waals surface area contributed by atoms with Gasteiger partial charge in [-0.15, -0.1) is 0 Å². The second kappa shape index (κ2) is 8.04. The van der Waals surface area contributed by atoms with Gasteiger partial charge < -0.3 is 10.2 Å². The van der Waals surface area contributed by atoms with Crippen molar-refractivity contribution in [1.29, 1.82) is 0 Å². The molecule has 0 unspecified atom stereocenters. The molecule has 0 spiro atoms. The number of phenols is 2. The van der Waals surface area contributed by atoms with Crippen LogP contribution < -0.4 is 0 Å². The zero-order valence-electron chi connectivity index (χ0n) is 18.3. The van der Waals surface area contributed by atoms with Crippen LogP contribution >= 0.6 is 0 Å². The molecule has 4 atom stereocenters. The van der Waals surface area contributed by atoms with E-state index < -0.39 is 0 Å². The minimum absolute atomic E-state index is 0.276. The van der Waals surface area contributed by atoms with Gasteiger partial charge in [0.15, 0.2) is 0 Å². The van der Waals surface area contributed by atoms with Crippen molar-refractivity contribution in [3.05, 3.63) is 83.9 Å². The van der Waals surface area contributed by atoms with Crippen molar-refractivity contribution in [2.75, 3.05) is 0 Å². The second-order valence-electron chi connectivity index (χ2n) is 9.36. The predicted octanol–water partition coefficient (Wildman–Crippen LogP) is 6.11. The van der Waals surface area contributed by atoms with E-state index in [2.05, 4.69) is 12.1 Å². The molecule has 0 heterocycles. The van der Waals surface area contributed by atoms with E-state index in [0.29, 0.717) is 11.8 Å². The van der Waals surface area contributed by atoms with E-state index in [9.17, 15) is 10.2 Å². The average molecular weight is 435 g/mol. The fourth-order valence-corrected chi connectivity index (χ4v) is 5.76. The first-order valence-electron chi connectivity index (χ1n) is 11.6. The maximum atomic E-state index is 10.4. The third kappa shape index (κ3) is 3.56. The van der Waals surface area contributed by atoms with Crippen LogP contribution in [0.2, 0.25) is 0 Å². The molecule has 2 N–H and O–H groups in total. The highest BCUT2D eigenvalue weighted by Crippen LogP contribution is 2.47. The molecule has 2 fully saturated rings. The Balaban J connectivity index is 1.19. The summed E-state index contributed by atoms with van der Waals surface area (Å²) >= 11 is 0. The number of hydrogen-bond acceptors (Lipinski definition) is 4. The zero-order chi connectivity index (χ0) is 22.4. The summed E-state index contributed by atoms with van der Waals surface area (Å²) in [5.74, 6) is 1.59. The summed E-state index contributed by atoms with van der Waals surface area (Å²) in [6.07, 6.45) is 6.93. The molecule has 6 rings (SSSR count). The Labute approximate surface area is 193 Å². The van der Waals surface area contributed by atoms with Crippen LogP contribution in [0.1, 0.15) is 30.4 Å². The lowest BCUT2D eigenvalue weighted by Crippen LogP contribution is -2.23. The number of aromatic hydroxyl groups is 2. The Kier molecular flexibility index (Phi) is 4.87. The molecule has 0 saturated heterocycles. The highest BCUT2D eigenvalue weighted by molar-refractivity contribution is 6.03. The fraction of sp³-hybridized carbons (Fsp3) is 0.241. The lowest BCUT2D eigenvalue weighted by molar-refractivity contribution is 0.379. The monoisotopic (exact) mass is 434 g/mol. The summed E-state index contributed by atoms with van der Waals surface area (Å²) in [6.45, 7) is 0. The van der Waals surface area contributed by atoms with Crippen molar-refractivity contribution in [1.82, 2.24) is 0 Å². The molecular formula is C29H26N2O2. The van der Waals surface area contributed by atoms with E-state index in [4.69, 9.17) is 9.98 Å². The number of rotatable bonds is 4. The Morgan fingerprint density at radius 1 is 0.576 bits per heavy atom. The SMILES string of the molecule is Oc1ccc2ccccc2c1C=N[C@H]1C[C@@H]2C[C@H]1C[C@@H]2N=Cc1c(O)ccc2ccccc12. The molecule has 4 aromatic carbocycles. The molecule has 4 nitrogen and oxygen atoms in total. The largest absolute Gasteiger partial charge is 0.507 e. The van der Waals surface area contributed by atoms with Crippen LogP contribution in [0.4, 0.5) is 0 Å². The number of fused-ring (bicyclic) bond motifs is 4. The number of nitrogens with zero attached hydrogens (tertiary/aromatic N) is 2. The third-order valence-electron chi connectivity index (χ3n) is 7.47. The van der Waals surface area contributed by atoms with Crippen LogP contribution in [0.25, 0.3) is 21.5 Å². The summed E-state index contributed by atoms with van der Waals surface area (Å²) in [5, 5.41) is 25.1. The molecule has 4 heteroatoms. The van der Waals surface area contributed by atoms with Crippen molar-refractivity contribution in [3.63, 3.8) is 0 Å². The van der Waals surface area contributed by atoms with E-state index in [1.807, 2.05) is 61.0 Å². The van der Waals surface area contributed by atoms with Gasteiger partial charge in [-0.3, -0.25) is 9.98 Å². The summed E-state index contributed by atoms with van der Waals surface area (Å²) in [4.78, 5) is 9.84. The van der Waals surface area contributed by atoms with Gasteiger partial charge in [0.05, 0.1) is 12.1 Å². The van der Waals surface area contributed by atoms with E-state index in [0.717, 1.165) is 51.9 Å². The van der Waals surface area contributed by atoms with E-state index in [1.165, 1.54) is 0 Å². The van der Waals surface area contributed by atoms with Gasteiger partial charge in [0.2, 0.25) is 0 Å². The Bertz CT molecular complexity index is 1300. The molecule has 2 aliphatic carbocycles. The molecule has 0 radical (unpaired) electrons. The van der Waals surface area contributed by atoms with E-state index in [-0.39, 0.29) is 23.6 Å². The Morgan fingerprint density at radius 2 is 1.03 bits per heavy atom. The quantitative estimate of drug-likeness (QED) is 0.381. The molecule has 4 aromatic rings. The Hall–Kier alpha value is -3.66. The van der Waals surface area contributed by atoms with E-state index >= 15 is 0 Å². The molecule has 164 valence electrons. The van der Waals surface area contributed by atoms with Gasteiger partial charge in [-0.05, 0) is 64.8 Å². The minimum atomic E-state index is 0.276. The molecule has 2 saturated carbocycles. The van der Waals surface area contributed by atoms with Crippen molar-refractivity contribution in [2.24, 2.45) is 21.8 Å². The van der Waals surface area contributed by atoms with Gasteiger partial charge in [0.25, 0.3) is 0 Å². The number of aliphatic imine (C=N–C) groups is 2. The topological polar surface area (TPSA) is 65.2 Å². The smallest absolute Gasteiger partial charge is 0.124 e. The number of hydrogen-bond donors (Lipinski definition) is 2. The predicted molar refractivity (Wildman–Crippen MR) is 135 cm³/mol. The van der Waals surface area contributed by atoms with Crippen LogP contribution in [0.5, 0.6) is 11.5 Å². The highest BCUT2D eigenvalue weighted by Gasteiger charge is 2.45. The van der Waals surface area contributed by atoms with Crippen molar-refractivity contribution >= 4 is 34.0 Å². The second-order valence-corrected chi connectivity index (χ2v) is 9.36. The third-order valence-corrected chi connectivity index (χ3v) is 7.47. The molecule has 33 heavy (non-hydrogen) atoms. The van der Waals surface area contributed by atoms with Crippen LogP contribution in [-0.4, -0.2) is 34.7 Å². The van der Waals surface area contributed by atoms with Crippen LogP contribution in [0.3, 0.4) is 0 Å². The van der Waals surface area contributed by atoms with E-state index in [1.54, 1.807) is 12.1 Å². The molecular weight excluding hydrogens is 408 g/mol. The van der Waals surface area contributed by atoms with Crippen molar-refractivity contribution in [3.8, 4) is 11.5 Å². The normalized spacial score (nSPS) is 24.6. The number of phenolic OH excluding ortho intramolecular Hbond substituents is 2. The standard InChI is InChI=1S/C29H26N2O2/c32-28-11-9-18-5-1-3-7-22(18)24(28)16-30-26-14-21-13-20(26)15-27(21)31-17-25-23-8-4-2-6-19(23)10-12-29(25)33/h1-12,16-17,20-21,26-27,32-33H,13-15H2/t20-,21-,26-,27-/m0/s1. The maximum Gasteiger partial charge on any atom is 0.124 e. The summed E-state index contributed by atoms with van der Waals surface area (Å²) in [6, 6.07) is 24.1. The first kappa shape index (κ1) is 20.0. The van der Waals surface area contributed by atoms with Gasteiger partial charge in [0.1, 0.15) is 11.5 Å². The molecule has 2 bridgehead atoms. The van der Waals surface area contributed by atoms with Crippen molar-refractivity contribution in [2.45, 2.75) is 31.3 Å². The lowest BCUT2D eigenvalue weighted by Gasteiger charge is -2.23. The lowest BCUT2D eigenvalue weighted by atomic mass is 9.91. The molecule has 2 aliphatic rings. The summed E-state index contributed by atoms with van der Waals surface area (Å²) in [7, 11) is 0. The van der Waals surface area contributed by atoms with Crippen LogP contribution in [0, 0.1) is 11.8 Å². The highest BCUT2D eigenvalue weighted by atomic mass is 16.3. The first-order chi connectivity index (χ1) is 16.2. The molecule has 0 amide bonds. The Morgan fingerprint density at radius 3 is 1.48 bits per heavy atom. The molecule has 0 aliphatic heterocycles. The maximum absolute atomic E-state index is 10.4. The van der Waals surface area contributed by atoms with Gasteiger partial charge in [-0.25, -0.2) is 0 Å². The zero-order valence-corrected chi connectivity index (χ0v) is 18.3. The fourth-order valence-electron chi connectivity index (χ4n) is 5.76. The summed E-state index contributed by atoms with van der Waals surface area (Å²) < 4.78 is 0. The molecule has 0 aromatic heterocycles. The van der Waals surface area contributed by atoms with Gasteiger partial charge >= 0.3 is 0 Å². The number of benzene rings is 4.